The molecule has 17 heavy (non-hydrogen) atoms. The minimum Gasteiger partial charge on any atom is -0.326 e. The molecular weight excluding hydrogens is 208 g/mol. The predicted octanol–water partition coefficient (Wildman–Crippen LogP) is 3.16. The Bertz CT molecular complexity index is 211. The van der Waals surface area contributed by atoms with E-state index < -0.39 is 0 Å². The standard InChI is InChI=1S/C15H30N2/c1-17(12-13-8-6-7-9-13)15-11-5-3-2-4-10-14(15)16/h13-15H,2-12,16H2,1H3. The Hall–Kier alpha value is -0.0800. The average molecular weight is 238 g/mol. The van der Waals surface area contributed by atoms with Gasteiger partial charge < -0.3 is 10.6 Å². The number of likely N-dealkylation sites (N-methyl/N-ethyl adjacent to an activating group) is 1. The van der Waals surface area contributed by atoms with Crippen molar-refractivity contribution in [2.75, 3.05) is 13.6 Å². The molecule has 0 aromatic carbocycles. The molecule has 0 aliphatic heterocycles. The van der Waals surface area contributed by atoms with Gasteiger partial charge >= 0.3 is 0 Å². The Labute approximate surface area is 107 Å². The van der Waals surface area contributed by atoms with Crippen LogP contribution >= 0.6 is 0 Å². The van der Waals surface area contributed by atoms with Gasteiger partial charge in [-0.3, -0.25) is 0 Å². The van der Waals surface area contributed by atoms with Crippen molar-refractivity contribution in [1.82, 2.24) is 4.90 Å². The fourth-order valence-electron chi connectivity index (χ4n) is 3.78. The van der Waals surface area contributed by atoms with E-state index in [0.717, 1.165) is 5.92 Å². The van der Waals surface area contributed by atoms with E-state index in [1.165, 1.54) is 70.8 Å². The number of rotatable bonds is 3. The Morgan fingerprint density at radius 1 is 0.882 bits per heavy atom. The van der Waals surface area contributed by atoms with Gasteiger partial charge in [0.25, 0.3) is 0 Å². The molecule has 2 aliphatic rings. The lowest BCUT2D eigenvalue weighted by Crippen LogP contribution is -2.47. The topological polar surface area (TPSA) is 29.3 Å². The van der Waals surface area contributed by atoms with Gasteiger partial charge in [-0.15, -0.1) is 0 Å². The van der Waals surface area contributed by atoms with E-state index >= 15 is 0 Å². The van der Waals surface area contributed by atoms with Crippen LogP contribution < -0.4 is 5.73 Å². The van der Waals surface area contributed by atoms with E-state index in [0.29, 0.717) is 12.1 Å². The van der Waals surface area contributed by atoms with Crippen molar-refractivity contribution < 1.29 is 0 Å². The van der Waals surface area contributed by atoms with Gasteiger partial charge in [-0.2, -0.15) is 0 Å². The van der Waals surface area contributed by atoms with Crippen molar-refractivity contribution in [3.63, 3.8) is 0 Å². The van der Waals surface area contributed by atoms with Gasteiger partial charge in [0.1, 0.15) is 0 Å². The van der Waals surface area contributed by atoms with E-state index in [1.807, 2.05) is 0 Å². The number of nitrogens with two attached hydrogens (primary N) is 1. The summed E-state index contributed by atoms with van der Waals surface area (Å²) in [6.45, 7) is 1.29. The molecule has 2 nitrogen and oxygen atoms in total. The first kappa shape index (κ1) is 13.4. The Morgan fingerprint density at radius 2 is 1.47 bits per heavy atom. The first-order chi connectivity index (χ1) is 8.27. The molecule has 2 aliphatic carbocycles. The third kappa shape index (κ3) is 3.96. The van der Waals surface area contributed by atoms with Crippen molar-refractivity contribution >= 4 is 0 Å². The second-order valence-corrected chi connectivity index (χ2v) is 6.31. The zero-order valence-corrected chi connectivity index (χ0v) is 11.5. The second kappa shape index (κ2) is 6.75. The lowest BCUT2D eigenvalue weighted by Gasteiger charge is -2.35. The fraction of sp³-hybridized carbons (Fsp3) is 1.00. The van der Waals surface area contributed by atoms with Crippen molar-refractivity contribution in [2.45, 2.75) is 76.3 Å². The van der Waals surface area contributed by atoms with Crippen LogP contribution in [0.15, 0.2) is 0 Å². The first-order valence-electron chi connectivity index (χ1n) is 7.73. The summed E-state index contributed by atoms with van der Waals surface area (Å²) in [4.78, 5) is 2.59. The molecule has 0 amide bonds. The van der Waals surface area contributed by atoms with Gasteiger partial charge in [0.05, 0.1) is 0 Å². The van der Waals surface area contributed by atoms with Crippen LogP contribution in [-0.2, 0) is 0 Å². The SMILES string of the molecule is CN(CC1CCCC1)C1CCCCCCC1N. The highest BCUT2D eigenvalue weighted by atomic mass is 15.1. The minimum absolute atomic E-state index is 0.418. The fourth-order valence-corrected chi connectivity index (χ4v) is 3.78. The maximum atomic E-state index is 6.38. The average Bonchev–Trinajstić information content (AvgIpc) is 2.76. The number of nitrogens with zero attached hydrogens (tertiary/aromatic N) is 1. The lowest BCUT2D eigenvalue weighted by atomic mass is 9.91. The van der Waals surface area contributed by atoms with Crippen LogP contribution in [0.3, 0.4) is 0 Å². The van der Waals surface area contributed by atoms with E-state index in [9.17, 15) is 0 Å². The zero-order valence-electron chi connectivity index (χ0n) is 11.5. The Morgan fingerprint density at radius 3 is 2.18 bits per heavy atom. The van der Waals surface area contributed by atoms with Crippen LogP contribution in [0, 0.1) is 5.92 Å². The van der Waals surface area contributed by atoms with Gasteiger partial charge in [-0.1, -0.05) is 38.5 Å². The highest BCUT2D eigenvalue weighted by Gasteiger charge is 2.26. The molecule has 2 heteroatoms. The van der Waals surface area contributed by atoms with Crippen molar-refractivity contribution in [1.29, 1.82) is 0 Å². The van der Waals surface area contributed by atoms with E-state index in [4.69, 9.17) is 5.73 Å². The monoisotopic (exact) mass is 238 g/mol. The number of hydrogen-bond donors (Lipinski definition) is 1. The summed E-state index contributed by atoms with van der Waals surface area (Å²) in [6.07, 6.45) is 13.9. The maximum absolute atomic E-state index is 6.38. The van der Waals surface area contributed by atoms with Gasteiger partial charge in [0.2, 0.25) is 0 Å². The third-order valence-electron chi connectivity index (χ3n) is 4.87. The maximum Gasteiger partial charge on any atom is 0.0244 e. The highest BCUT2D eigenvalue weighted by Crippen LogP contribution is 2.27. The molecule has 0 aromatic heterocycles. The first-order valence-corrected chi connectivity index (χ1v) is 7.73. The molecule has 2 saturated carbocycles. The quantitative estimate of drug-likeness (QED) is 0.818. The van der Waals surface area contributed by atoms with Crippen LogP contribution in [0.2, 0.25) is 0 Å². The molecule has 2 N–H and O–H groups in total. The van der Waals surface area contributed by atoms with Gasteiger partial charge in [-0.25, -0.2) is 0 Å². The normalized spacial score (nSPS) is 32.6. The largest absolute Gasteiger partial charge is 0.326 e. The van der Waals surface area contributed by atoms with Crippen molar-refractivity contribution in [3.05, 3.63) is 0 Å². The molecule has 0 aromatic rings. The molecule has 0 spiro atoms. The molecule has 0 heterocycles. The van der Waals surface area contributed by atoms with Crippen molar-refractivity contribution in [2.24, 2.45) is 11.7 Å². The molecular formula is C15H30N2. The van der Waals surface area contributed by atoms with Gasteiger partial charge in [0, 0.05) is 18.6 Å². The third-order valence-corrected chi connectivity index (χ3v) is 4.87. The van der Waals surface area contributed by atoms with Gasteiger partial charge in [0.15, 0.2) is 0 Å². The van der Waals surface area contributed by atoms with Crippen molar-refractivity contribution in [3.8, 4) is 0 Å². The van der Waals surface area contributed by atoms with Crippen LogP contribution in [-0.4, -0.2) is 30.6 Å². The molecule has 2 unspecified atom stereocenters. The smallest absolute Gasteiger partial charge is 0.0244 e. The molecule has 2 atom stereocenters. The van der Waals surface area contributed by atoms with E-state index in [1.54, 1.807) is 0 Å². The van der Waals surface area contributed by atoms with E-state index in [-0.39, 0.29) is 0 Å². The molecule has 100 valence electrons. The van der Waals surface area contributed by atoms with Crippen LogP contribution in [0.25, 0.3) is 0 Å². The summed E-state index contributed by atoms with van der Waals surface area (Å²) in [7, 11) is 2.31. The van der Waals surface area contributed by atoms with Crippen LogP contribution in [0.5, 0.6) is 0 Å². The molecule has 2 rings (SSSR count). The highest BCUT2D eigenvalue weighted by molar-refractivity contribution is 4.84. The second-order valence-electron chi connectivity index (χ2n) is 6.31. The molecule has 0 saturated heterocycles. The zero-order chi connectivity index (χ0) is 12.1. The minimum atomic E-state index is 0.418. The summed E-state index contributed by atoms with van der Waals surface area (Å²) < 4.78 is 0. The predicted molar refractivity (Wildman–Crippen MR) is 74.1 cm³/mol. The van der Waals surface area contributed by atoms with Crippen LogP contribution in [0.4, 0.5) is 0 Å². The van der Waals surface area contributed by atoms with Gasteiger partial charge in [-0.05, 0) is 38.6 Å². The summed E-state index contributed by atoms with van der Waals surface area (Å²) in [5.74, 6) is 0.956. The number of hydrogen-bond acceptors (Lipinski definition) is 2. The Balaban J connectivity index is 1.83. The summed E-state index contributed by atoms with van der Waals surface area (Å²) in [5, 5.41) is 0. The van der Waals surface area contributed by atoms with Crippen LogP contribution in [0.1, 0.15) is 64.2 Å². The summed E-state index contributed by atoms with van der Waals surface area (Å²) in [5.41, 5.74) is 6.38. The Kier molecular flexibility index (Phi) is 5.30. The molecule has 0 bridgehead atoms. The summed E-state index contributed by atoms with van der Waals surface area (Å²) in [6, 6.07) is 1.07. The molecule has 0 radical (unpaired) electrons. The lowest BCUT2D eigenvalue weighted by molar-refractivity contribution is 0.159. The van der Waals surface area contributed by atoms with E-state index in [2.05, 4.69) is 11.9 Å². The molecule has 2 fully saturated rings. The summed E-state index contributed by atoms with van der Waals surface area (Å²) >= 11 is 0.